The second kappa shape index (κ2) is 7.94. The number of carboxylic acid groups (broad SMARTS) is 1. The highest BCUT2D eigenvalue weighted by molar-refractivity contribution is 8.26. The lowest BCUT2D eigenvalue weighted by Gasteiger charge is -2.22. The molecular formula is C15H14FNO3S3. The molecule has 1 aromatic carbocycles. The van der Waals surface area contributed by atoms with Crippen LogP contribution in [-0.2, 0) is 9.59 Å². The molecule has 122 valence electrons. The Balaban J connectivity index is 2.26. The summed E-state index contributed by atoms with van der Waals surface area (Å²) in [6.45, 7) is 0. The lowest BCUT2D eigenvalue weighted by molar-refractivity contribution is -0.145. The van der Waals surface area contributed by atoms with Gasteiger partial charge in [0.1, 0.15) is 16.2 Å². The van der Waals surface area contributed by atoms with Gasteiger partial charge in [0.15, 0.2) is 0 Å². The van der Waals surface area contributed by atoms with Crippen LogP contribution < -0.4 is 0 Å². The van der Waals surface area contributed by atoms with E-state index < -0.39 is 23.7 Å². The van der Waals surface area contributed by atoms with Gasteiger partial charge in [-0.3, -0.25) is 9.69 Å². The van der Waals surface area contributed by atoms with E-state index in [1.165, 1.54) is 30.0 Å². The second-order valence-corrected chi connectivity index (χ2v) is 7.40. The van der Waals surface area contributed by atoms with Crippen molar-refractivity contribution in [3.8, 4) is 0 Å². The molecule has 1 fully saturated rings. The fraction of sp³-hybridized carbons (Fsp3) is 0.267. The van der Waals surface area contributed by atoms with Crippen molar-refractivity contribution in [3.05, 3.63) is 40.6 Å². The Labute approximate surface area is 147 Å². The number of hydrogen-bond donors (Lipinski definition) is 1. The van der Waals surface area contributed by atoms with Crippen LogP contribution in [0, 0.1) is 5.82 Å². The van der Waals surface area contributed by atoms with E-state index >= 15 is 0 Å². The van der Waals surface area contributed by atoms with E-state index in [9.17, 15) is 19.1 Å². The Kier molecular flexibility index (Phi) is 6.20. The fourth-order valence-corrected chi connectivity index (χ4v) is 3.90. The van der Waals surface area contributed by atoms with E-state index in [0.717, 1.165) is 16.7 Å². The molecule has 0 spiro atoms. The Morgan fingerprint density at radius 1 is 1.57 bits per heavy atom. The molecule has 1 atom stereocenters. The predicted octanol–water partition coefficient (Wildman–Crippen LogP) is 3.23. The Morgan fingerprint density at radius 2 is 2.30 bits per heavy atom. The standard InChI is InChI=1S/C15H14FNO3S3/c1-22-6-5-11(14(19)20)17-13(18)12(23-15(17)21)8-9-3-2-4-10(16)7-9/h2-4,7-8,11H,5-6H2,1H3,(H,19,20)/b12-8-/t11-/m1/s1. The number of carbonyl (C=O) groups is 2. The number of halogens is 1. The number of carboxylic acids is 1. The van der Waals surface area contributed by atoms with E-state index in [2.05, 4.69) is 0 Å². The van der Waals surface area contributed by atoms with Crippen LogP contribution in [0.25, 0.3) is 6.08 Å². The van der Waals surface area contributed by atoms with Gasteiger partial charge in [-0.2, -0.15) is 11.8 Å². The van der Waals surface area contributed by atoms with E-state index in [1.807, 2.05) is 6.26 Å². The number of thioether (sulfide) groups is 2. The van der Waals surface area contributed by atoms with Gasteiger partial charge in [-0.15, -0.1) is 0 Å². The highest BCUT2D eigenvalue weighted by Gasteiger charge is 2.40. The Morgan fingerprint density at radius 3 is 2.91 bits per heavy atom. The van der Waals surface area contributed by atoms with Crippen LogP contribution >= 0.6 is 35.7 Å². The van der Waals surface area contributed by atoms with Crippen LogP contribution in [0.2, 0.25) is 0 Å². The minimum absolute atomic E-state index is 0.214. The first-order chi connectivity index (χ1) is 10.9. The zero-order valence-corrected chi connectivity index (χ0v) is 14.6. The van der Waals surface area contributed by atoms with Crippen LogP contribution in [0.15, 0.2) is 29.2 Å². The quantitative estimate of drug-likeness (QED) is 0.612. The van der Waals surface area contributed by atoms with E-state index in [4.69, 9.17) is 12.2 Å². The maximum atomic E-state index is 13.2. The van der Waals surface area contributed by atoms with Crippen molar-refractivity contribution >= 4 is 58.0 Å². The van der Waals surface area contributed by atoms with E-state index in [0.29, 0.717) is 22.6 Å². The maximum Gasteiger partial charge on any atom is 0.326 e. The molecule has 4 nitrogen and oxygen atoms in total. The highest BCUT2D eigenvalue weighted by Crippen LogP contribution is 2.34. The lowest BCUT2D eigenvalue weighted by Crippen LogP contribution is -2.44. The van der Waals surface area contributed by atoms with Crippen molar-refractivity contribution in [3.63, 3.8) is 0 Å². The van der Waals surface area contributed by atoms with Crippen LogP contribution in [0.4, 0.5) is 4.39 Å². The van der Waals surface area contributed by atoms with Crippen LogP contribution in [0.1, 0.15) is 12.0 Å². The average molecular weight is 371 g/mol. The number of hydrogen-bond acceptors (Lipinski definition) is 5. The summed E-state index contributed by atoms with van der Waals surface area (Å²) in [6, 6.07) is 4.84. The number of thiocarbonyl (C=S) groups is 1. The third-order valence-corrected chi connectivity index (χ3v) is 5.14. The summed E-state index contributed by atoms with van der Waals surface area (Å²) in [5.74, 6) is -1.32. The summed E-state index contributed by atoms with van der Waals surface area (Å²) >= 11 is 7.71. The number of aliphatic carboxylic acids is 1. The molecule has 1 saturated heterocycles. The highest BCUT2D eigenvalue weighted by atomic mass is 32.2. The smallest absolute Gasteiger partial charge is 0.326 e. The summed E-state index contributed by atoms with van der Waals surface area (Å²) in [7, 11) is 0. The molecule has 1 aromatic rings. The third kappa shape index (κ3) is 4.33. The van der Waals surface area contributed by atoms with Gasteiger partial charge in [-0.25, -0.2) is 9.18 Å². The van der Waals surface area contributed by atoms with Gasteiger partial charge < -0.3 is 5.11 Å². The molecule has 1 heterocycles. The van der Waals surface area contributed by atoms with Crippen molar-refractivity contribution in [2.24, 2.45) is 0 Å². The van der Waals surface area contributed by atoms with Gasteiger partial charge in [0, 0.05) is 0 Å². The zero-order valence-electron chi connectivity index (χ0n) is 12.2. The molecule has 0 aliphatic carbocycles. The Hall–Kier alpha value is -1.38. The second-order valence-electron chi connectivity index (χ2n) is 4.74. The minimum atomic E-state index is -1.08. The number of carbonyl (C=O) groups excluding carboxylic acids is 1. The molecule has 2 rings (SSSR count). The van der Waals surface area contributed by atoms with Gasteiger partial charge in [-0.1, -0.05) is 36.1 Å². The Bertz CT molecular complexity index is 678. The van der Waals surface area contributed by atoms with Crippen LogP contribution in [0.5, 0.6) is 0 Å². The molecular weight excluding hydrogens is 357 g/mol. The van der Waals surface area contributed by atoms with Gasteiger partial charge in [0.2, 0.25) is 0 Å². The third-order valence-electron chi connectivity index (χ3n) is 3.16. The van der Waals surface area contributed by atoms with Crippen molar-refractivity contribution in [1.29, 1.82) is 0 Å². The topological polar surface area (TPSA) is 57.6 Å². The first kappa shape index (κ1) is 18.0. The van der Waals surface area contributed by atoms with Gasteiger partial charge >= 0.3 is 5.97 Å². The molecule has 0 bridgehead atoms. The molecule has 1 N–H and O–H groups in total. The van der Waals surface area contributed by atoms with Crippen molar-refractivity contribution in [2.45, 2.75) is 12.5 Å². The minimum Gasteiger partial charge on any atom is -0.480 e. The normalized spacial score (nSPS) is 17.8. The number of nitrogens with zero attached hydrogens (tertiary/aromatic N) is 1. The number of amides is 1. The number of benzene rings is 1. The molecule has 0 unspecified atom stereocenters. The van der Waals surface area contributed by atoms with E-state index in [1.54, 1.807) is 12.1 Å². The summed E-state index contributed by atoms with van der Waals surface area (Å²) < 4.78 is 13.4. The number of rotatable bonds is 6. The SMILES string of the molecule is CSCC[C@H](C(=O)O)N1C(=O)/C(=C/c2cccc(F)c2)SC1=S. The molecule has 8 heteroatoms. The van der Waals surface area contributed by atoms with Gasteiger partial charge in [0.25, 0.3) is 5.91 Å². The summed E-state index contributed by atoms with van der Waals surface area (Å²) in [5.41, 5.74) is 0.529. The molecule has 0 radical (unpaired) electrons. The van der Waals surface area contributed by atoms with Crippen molar-refractivity contribution < 1.29 is 19.1 Å². The van der Waals surface area contributed by atoms with Crippen molar-refractivity contribution in [2.75, 3.05) is 12.0 Å². The van der Waals surface area contributed by atoms with Crippen LogP contribution in [0.3, 0.4) is 0 Å². The van der Waals surface area contributed by atoms with Gasteiger partial charge in [-0.05, 0) is 42.2 Å². The van der Waals surface area contributed by atoms with Gasteiger partial charge in [0.05, 0.1) is 4.91 Å². The summed E-state index contributed by atoms with van der Waals surface area (Å²) in [5, 5.41) is 9.37. The largest absolute Gasteiger partial charge is 0.480 e. The zero-order chi connectivity index (χ0) is 17.0. The first-order valence-electron chi connectivity index (χ1n) is 6.68. The summed E-state index contributed by atoms with van der Waals surface area (Å²) in [4.78, 5) is 25.4. The molecule has 23 heavy (non-hydrogen) atoms. The van der Waals surface area contributed by atoms with Crippen LogP contribution in [-0.4, -0.2) is 44.3 Å². The molecule has 1 amide bonds. The molecule has 0 saturated carbocycles. The maximum absolute atomic E-state index is 13.2. The fourth-order valence-electron chi connectivity index (χ4n) is 2.09. The predicted molar refractivity (Wildman–Crippen MR) is 95.8 cm³/mol. The first-order valence-corrected chi connectivity index (χ1v) is 9.30. The van der Waals surface area contributed by atoms with Crippen molar-refractivity contribution in [1.82, 2.24) is 4.90 Å². The average Bonchev–Trinajstić information content (AvgIpc) is 2.75. The monoisotopic (exact) mass is 371 g/mol. The lowest BCUT2D eigenvalue weighted by atomic mass is 10.1. The molecule has 1 aliphatic heterocycles. The molecule has 1 aliphatic rings. The van der Waals surface area contributed by atoms with E-state index in [-0.39, 0.29) is 4.32 Å². The summed E-state index contributed by atoms with van der Waals surface area (Å²) in [6.07, 6.45) is 3.71. The molecule has 0 aromatic heterocycles.